The third-order valence-corrected chi connectivity index (χ3v) is 7.54. The Morgan fingerprint density at radius 3 is 1.57 bits per heavy atom. The largest absolute Gasteiger partial charge is 0.588 e. The molecule has 3 aromatic rings. The first-order valence-electron chi connectivity index (χ1n) is 11.2. The van der Waals surface area contributed by atoms with Crippen molar-refractivity contribution in [3.63, 3.8) is 0 Å². The van der Waals surface area contributed by atoms with Gasteiger partial charge in [0, 0.05) is 5.56 Å². The zero-order valence-corrected chi connectivity index (χ0v) is 19.2. The predicted octanol–water partition coefficient (Wildman–Crippen LogP) is 3.37. The highest BCUT2D eigenvalue weighted by Crippen LogP contribution is 2.57. The van der Waals surface area contributed by atoms with Gasteiger partial charge in [-0.1, -0.05) is 66.7 Å². The molecule has 4 fully saturated rings. The summed E-state index contributed by atoms with van der Waals surface area (Å²) in [5.41, 5.74) is 0.557. The summed E-state index contributed by atoms with van der Waals surface area (Å²) >= 11 is 0. The van der Waals surface area contributed by atoms with E-state index in [2.05, 4.69) is 0 Å². The second-order valence-electron chi connectivity index (χ2n) is 8.48. The normalized spacial score (nSPS) is 33.4. The molecule has 10 heteroatoms. The van der Waals surface area contributed by atoms with Crippen molar-refractivity contribution in [3.05, 3.63) is 96.6 Å². The zero-order valence-electron chi connectivity index (χ0n) is 18.3. The molecular weight excluding hydrogens is 475 g/mol. The molecule has 35 heavy (non-hydrogen) atoms. The van der Waals surface area contributed by atoms with Gasteiger partial charge in [0.25, 0.3) is 0 Å². The average molecular weight is 498 g/mol. The van der Waals surface area contributed by atoms with Crippen molar-refractivity contribution < 1.29 is 42.6 Å². The molecule has 4 unspecified atom stereocenters. The van der Waals surface area contributed by atoms with Crippen molar-refractivity contribution in [1.29, 1.82) is 0 Å². The van der Waals surface area contributed by atoms with Crippen LogP contribution in [0.4, 0.5) is 0 Å². The van der Waals surface area contributed by atoms with Gasteiger partial charge in [0.1, 0.15) is 48.1 Å². The number of ether oxygens (including phenoxy) is 3. The lowest BCUT2D eigenvalue weighted by atomic mass is 9.81. The molecule has 3 heterocycles. The molecule has 9 nitrogen and oxygen atoms in total. The highest BCUT2D eigenvalue weighted by Gasteiger charge is 2.69. The van der Waals surface area contributed by atoms with Crippen molar-refractivity contribution in [2.45, 2.75) is 42.6 Å². The fraction of sp³-hybridized carbons (Fsp3) is 0.280. The van der Waals surface area contributed by atoms with E-state index in [4.69, 9.17) is 27.8 Å². The van der Waals surface area contributed by atoms with Crippen molar-refractivity contribution in [2.24, 2.45) is 0 Å². The van der Waals surface area contributed by atoms with Gasteiger partial charge in [-0.15, -0.1) is 0 Å². The summed E-state index contributed by atoms with van der Waals surface area (Å²) in [4.78, 5) is 0. The summed E-state index contributed by atoms with van der Waals surface area (Å²) in [5, 5.41) is 21.8. The van der Waals surface area contributed by atoms with Crippen molar-refractivity contribution in [2.75, 3.05) is 0 Å². The number of phosphoric ester groups is 1. The van der Waals surface area contributed by atoms with Crippen LogP contribution in [0.3, 0.4) is 0 Å². The lowest BCUT2D eigenvalue weighted by Crippen LogP contribution is -2.78. The average Bonchev–Trinajstić information content (AvgIpc) is 2.88. The van der Waals surface area contributed by atoms with Crippen LogP contribution < -0.4 is 9.05 Å². The lowest BCUT2D eigenvalue weighted by molar-refractivity contribution is -0.547. The summed E-state index contributed by atoms with van der Waals surface area (Å²) in [7, 11) is -4.36. The van der Waals surface area contributed by atoms with Gasteiger partial charge in [-0.2, -0.15) is 0 Å². The van der Waals surface area contributed by atoms with E-state index in [9.17, 15) is 14.8 Å². The molecular formula is C25H23O9P. The molecule has 4 bridgehead atoms. The van der Waals surface area contributed by atoms with Crippen LogP contribution in [0.5, 0.6) is 11.5 Å². The molecule has 4 atom stereocenters. The van der Waals surface area contributed by atoms with Crippen molar-refractivity contribution in [3.8, 4) is 11.5 Å². The minimum absolute atomic E-state index is 0.252. The molecule has 182 valence electrons. The van der Waals surface area contributed by atoms with Crippen molar-refractivity contribution >= 4 is 7.82 Å². The van der Waals surface area contributed by atoms with Gasteiger partial charge < -0.3 is 33.5 Å². The minimum Gasteiger partial charge on any atom is -0.395 e. The number of rotatable bonds is 7. The Hall–Kier alpha value is -2.75. The summed E-state index contributed by atoms with van der Waals surface area (Å²) < 4.78 is 49.2. The monoisotopic (exact) mass is 498 g/mol. The number of para-hydroxylation sites is 2. The molecule has 1 saturated carbocycles. The van der Waals surface area contributed by atoms with Crippen molar-refractivity contribution in [1.82, 2.24) is 0 Å². The highest BCUT2D eigenvalue weighted by molar-refractivity contribution is 7.49. The molecule has 7 rings (SSSR count). The first-order chi connectivity index (χ1) is 17.0. The van der Waals surface area contributed by atoms with Crippen LogP contribution in [0.1, 0.15) is 5.56 Å². The third-order valence-electron chi connectivity index (χ3n) is 6.17. The summed E-state index contributed by atoms with van der Waals surface area (Å²) in [5.74, 6) is -1.13. The number of aliphatic hydroxyl groups excluding tert-OH is 2. The maximum atomic E-state index is 13.9. The van der Waals surface area contributed by atoms with Crippen LogP contribution in [0.2, 0.25) is 0 Å². The lowest BCUT2D eigenvalue weighted by Gasteiger charge is -2.61. The Morgan fingerprint density at radius 2 is 1.09 bits per heavy atom. The standard InChI is InChI=1S/C25H23O9P/c26-19-21-20(27)23-24(22(19)30-25(29-21,31-23)16-10-4-1-5-11-16)34-35(28,32-17-12-6-2-7-13-17)33-18-14-8-3-9-15-18/h1-15,19-24,26-27H. The number of phosphoric acid groups is 1. The van der Waals surface area contributed by atoms with E-state index in [-0.39, 0.29) is 11.5 Å². The molecule has 3 aliphatic heterocycles. The Labute approximate surface area is 201 Å². The second kappa shape index (κ2) is 8.72. The van der Waals surface area contributed by atoms with E-state index in [0.29, 0.717) is 5.56 Å². The Kier molecular flexibility index (Phi) is 5.66. The third kappa shape index (κ3) is 4.05. The predicted molar refractivity (Wildman–Crippen MR) is 121 cm³/mol. The maximum Gasteiger partial charge on any atom is 0.588 e. The van der Waals surface area contributed by atoms with Gasteiger partial charge in [0.05, 0.1) is 0 Å². The fourth-order valence-corrected chi connectivity index (χ4v) is 6.00. The van der Waals surface area contributed by atoms with E-state index in [1.807, 2.05) is 6.07 Å². The quantitative estimate of drug-likeness (QED) is 0.474. The van der Waals surface area contributed by atoms with Gasteiger partial charge in [0.15, 0.2) is 0 Å². The number of benzene rings is 3. The molecule has 3 saturated heterocycles. The van der Waals surface area contributed by atoms with E-state index >= 15 is 0 Å². The van der Waals surface area contributed by atoms with Crippen LogP contribution in [-0.2, 0) is 29.3 Å². The van der Waals surface area contributed by atoms with Gasteiger partial charge in [-0.25, -0.2) is 4.57 Å². The highest BCUT2D eigenvalue weighted by atomic mass is 31.2. The van der Waals surface area contributed by atoms with E-state index in [1.54, 1.807) is 84.9 Å². The number of hydrogen-bond acceptors (Lipinski definition) is 9. The topological polar surface area (TPSA) is 113 Å². The second-order valence-corrected chi connectivity index (χ2v) is 9.95. The minimum atomic E-state index is -4.36. The van der Waals surface area contributed by atoms with E-state index < -0.39 is 50.4 Å². The Balaban J connectivity index is 1.33. The first-order valence-corrected chi connectivity index (χ1v) is 12.7. The van der Waals surface area contributed by atoms with Crippen LogP contribution in [0, 0.1) is 0 Å². The summed E-state index contributed by atoms with van der Waals surface area (Å²) in [6.07, 6.45) is -6.79. The molecule has 4 aliphatic rings. The molecule has 0 amide bonds. The Bertz CT molecular complexity index is 1140. The fourth-order valence-electron chi connectivity index (χ4n) is 4.58. The molecule has 0 aromatic heterocycles. The molecule has 0 spiro atoms. The van der Waals surface area contributed by atoms with Crippen LogP contribution in [0.25, 0.3) is 0 Å². The van der Waals surface area contributed by atoms with Crippen LogP contribution in [0.15, 0.2) is 91.0 Å². The number of hydrogen-bond donors (Lipinski definition) is 2. The summed E-state index contributed by atoms with van der Waals surface area (Å²) in [6.45, 7) is 0. The molecule has 3 aromatic carbocycles. The summed E-state index contributed by atoms with van der Waals surface area (Å²) in [6, 6.07) is 25.8. The van der Waals surface area contributed by atoms with Gasteiger partial charge in [-0.3, -0.25) is 4.52 Å². The molecule has 0 radical (unpaired) electrons. The molecule has 1 aliphatic carbocycles. The maximum absolute atomic E-state index is 13.9. The molecule has 2 N–H and O–H groups in total. The van der Waals surface area contributed by atoms with Crippen LogP contribution in [-0.4, -0.2) is 46.8 Å². The SMILES string of the molecule is O=P(Oc1ccccc1)(Oc1ccccc1)OC1C2OC3(c4ccccc4)OC(C2O)C(O)C1O3. The first kappa shape index (κ1) is 22.7. The Morgan fingerprint density at radius 1 is 0.657 bits per heavy atom. The zero-order chi connectivity index (χ0) is 24.0. The van der Waals surface area contributed by atoms with E-state index in [1.165, 1.54) is 0 Å². The van der Waals surface area contributed by atoms with Gasteiger partial charge >= 0.3 is 13.8 Å². The van der Waals surface area contributed by atoms with Gasteiger partial charge in [0.2, 0.25) is 0 Å². The van der Waals surface area contributed by atoms with Crippen LogP contribution >= 0.6 is 7.82 Å². The van der Waals surface area contributed by atoms with E-state index in [0.717, 1.165) is 0 Å². The number of aliphatic hydroxyl groups is 2. The smallest absolute Gasteiger partial charge is 0.395 e. The van der Waals surface area contributed by atoms with Gasteiger partial charge in [-0.05, 0) is 24.3 Å².